The molecule has 3 heterocycles. The first-order valence-electron chi connectivity index (χ1n) is 8.93. The Kier molecular flexibility index (Phi) is 5.38. The van der Waals surface area contributed by atoms with Crippen molar-refractivity contribution in [2.45, 2.75) is 19.5 Å². The van der Waals surface area contributed by atoms with Crippen molar-refractivity contribution >= 4 is 57.8 Å². The molecule has 0 saturated carbocycles. The number of Topliss-reactive ketones (excluding diaryl/α,β-unsaturated/α-hetero) is 1. The summed E-state index contributed by atoms with van der Waals surface area (Å²) in [5.41, 5.74) is 1.55. The number of nitrogens with one attached hydrogen (secondary N) is 1. The predicted octanol–water partition coefficient (Wildman–Crippen LogP) is 4.43. The molecule has 0 aliphatic carbocycles. The van der Waals surface area contributed by atoms with Gasteiger partial charge in [-0.05, 0) is 37.3 Å². The van der Waals surface area contributed by atoms with Crippen LogP contribution in [0.15, 0.2) is 30.3 Å². The van der Waals surface area contributed by atoms with Gasteiger partial charge >= 0.3 is 6.03 Å². The molecular formula is C19H16Cl3N5O2. The maximum atomic E-state index is 13.1. The van der Waals surface area contributed by atoms with Crippen molar-refractivity contribution in [1.82, 2.24) is 24.8 Å². The molecule has 0 spiro atoms. The molecule has 150 valence electrons. The Balaban J connectivity index is 1.58. The fourth-order valence-electron chi connectivity index (χ4n) is 3.46. The van der Waals surface area contributed by atoms with E-state index in [1.54, 1.807) is 29.2 Å². The molecule has 1 N–H and O–H groups in total. The van der Waals surface area contributed by atoms with E-state index >= 15 is 0 Å². The molecule has 1 saturated heterocycles. The number of aromatic amines is 1. The Morgan fingerprint density at radius 1 is 1.21 bits per heavy atom. The van der Waals surface area contributed by atoms with Crippen LogP contribution in [0.3, 0.4) is 0 Å². The minimum absolute atomic E-state index is 0.220. The van der Waals surface area contributed by atoms with Gasteiger partial charge in [0.15, 0.2) is 11.4 Å². The summed E-state index contributed by atoms with van der Waals surface area (Å²) in [5, 5.41) is 1.07. The van der Waals surface area contributed by atoms with Gasteiger partial charge < -0.3 is 14.8 Å². The standard InChI is InChI=1S/C19H16Cl3N5O2/c1-2-27-14(17(28)11-4-3-10(20)7-12(11)21)8-26(19(27)29)9-16-23-13-5-6-15(22)24-18(13)25-16/h3-7,14H,2,8-9H2,1H3,(H,23,24,25). The summed E-state index contributed by atoms with van der Waals surface area (Å²) in [7, 11) is 0. The lowest BCUT2D eigenvalue weighted by Gasteiger charge is -2.20. The monoisotopic (exact) mass is 451 g/mol. The van der Waals surface area contributed by atoms with Gasteiger partial charge in [-0.25, -0.2) is 14.8 Å². The van der Waals surface area contributed by atoms with Gasteiger partial charge in [-0.2, -0.15) is 0 Å². The van der Waals surface area contributed by atoms with Crippen LogP contribution in [0, 0.1) is 0 Å². The third kappa shape index (κ3) is 3.77. The van der Waals surface area contributed by atoms with Crippen LogP contribution in [0.25, 0.3) is 11.2 Å². The van der Waals surface area contributed by atoms with Crippen LogP contribution in [0.2, 0.25) is 15.2 Å². The number of nitrogens with zero attached hydrogens (tertiary/aromatic N) is 4. The van der Waals surface area contributed by atoms with Crippen molar-refractivity contribution in [3.8, 4) is 0 Å². The van der Waals surface area contributed by atoms with Gasteiger partial charge in [0.1, 0.15) is 22.5 Å². The number of benzene rings is 1. The zero-order valence-electron chi connectivity index (χ0n) is 15.3. The first-order chi connectivity index (χ1) is 13.9. The molecular weight excluding hydrogens is 437 g/mol. The number of hydrogen-bond acceptors (Lipinski definition) is 4. The summed E-state index contributed by atoms with van der Waals surface area (Å²) in [6.45, 7) is 2.68. The van der Waals surface area contributed by atoms with Crippen LogP contribution >= 0.6 is 34.8 Å². The second-order valence-corrected chi connectivity index (χ2v) is 7.87. The van der Waals surface area contributed by atoms with E-state index in [4.69, 9.17) is 34.8 Å². The first-order valence-corrected chi connectivity index (χ1v) is 10.1. The minimum atomic E-state index is -0.636. The number of rotatable bonds is 5. The summed E-state index contributed by atoms with van der Waals surface area (Å²) in [4.78, 5) is 40.7. The van der Waals surface area contributed by atoms with E-state index in [9.17, 15) is 9.59 Å². The zero-order chi connectivity index (χ0) is 20.7. The summed E-state index contributed by atoms with van der Waals surface area (Å²) in [6.07, 6.45) is 0. The van der Waals surface area contributed by atoms with Crippen molar-refractivity contribution in [3.05, 3.63) is 56.9 Å². The SMILES string of the molecule is CCN1C(=O)N(Cc2nc3ccc(Cl)nc3[nH]2)CC1C(=O)c1ccc(Cl)cc1Cl. The van der Waals surface area contributed by atoms with Crippen molar-refractivity contribution in [2.24, 2.45) is 0 Å². The topological polar surface area (TPSA) is 82.2 Å². The number of aromatic nitrogens is 3. The highest BCUT2D eigenvalue weighted by Gasteiger charge is 2.41. The van der Waals surface area contributed by atoms with E-state index in [0.29, 0.717) is 39.3 Å². The molecule has 1 unspecified atom stereocenters. The van der Waals surface area contributed by atoms with Gasteiger partial charge in [-0.15, -0.1) is 0 Å². The first kappa shape index (κ1) is 19.9. The summed E-state index contributed by atoms with van der Waals surface area (Å²) in [5.74, 6) is 0.346. The van der Waals surface area contributed by atoms with Gasteiger partial charge in [0.25, 0.3) is 0 Å². The van der Waals surface area contributed by atoms with E-state index in [2.05, 4.69) is 15.0 Å². The second kappa shape index (κ2) is 7.82. The number of hydrogen-bond donors (Lipinski definition) is 1. The molecule has 1 atom stereocenters. The molecule has 29 heavy (non-hydrogen) atoms. The molecule has 10 heteroatoms. The van der Waals surface area contributed by atoms with E-state index < -0.39 is 6.04 Å². The van der Waals surface area contributed by atoms with Crippen molar-refractivity contribution in [2.75, 3.05) is 13.1 Å². The summed E-state index contributed by atoms with van der Waals surface area (Å²) in [6, 6.07) is 7.25. The number of fused-ring (bicyclic) bond motifs is 1. The molecule has 4 rings (SSSR count). The van der Waals surface area contributed by atoms with Crippen LogP contribution in [-0.4, -0.2) is 55.7 Å². The van der Waals surface area contributed by atoms with Crippen molar-refractivity contribution in [3.63, 3.8) is 0 Å². The van der Waals surface area contributed by atoms with E-state index in [0.717, 1.165) is 0 Å². The molecule has 2 aromatic heterocycles. The molecule has 1 aromatic carbocycles. The van der Waals surface area contributed by atoms with Gasteiger partial charge in [0, 0.05) is 17.1 Å². The van der Waals surface area contributed by atoms with Crippen LogP contribution < -0.4 is 0 Å². The maximum Gasteiger partial charge on any atom is 0.321 e. The number of urea groups is 1. The number of carbonyl (C=O) groups excluding carboxylic acids is 2. The predicted molar refractivity (Wildman–Crippen MR) is 112 cm³/mol. The number of likely N-dealkylation sites (N-methyl/N-ethyl adjacent to an activating group) is 1. The summed E-state index contributed by atoms with van der Waals surface area (Å²) < 4.78 is 0. The minimum Gasteiger partial charge on any atom is -0.325 e. The fraction of sp³-hybridized carbons (Fsp3) is 0.263. The number of halogens is 3. The lowest BCUT2D eigenvalue weighted by molar-refractivity contribution is 0.0895. The number of carbonyl (C=O) groups is 2. The number of pyridine rings is 1. The highest BCUT2D eigenvalue weighted by Crippen LogP contribution is 2.27. The van der Waals surface area contributed by atoms with Gasteiger partial charge in [-0.1, -0.05) is 34.8 Å². The Hall–Kier alpha value is -2.35. The quantitative estimate of drug-likeness (QED) is 0.459. The third-order valence-corrected chi connectivity index (χ3v) is 5.58. The molecule has 1 fully saturated rings. The average Bonchev–Trinajstić information content (AvgIpc) is 3.21. The van der Waals surface area contributed by atoms with Crippen molar-refractivity contribution < 1.29 is 9.59 Å². The lowest BCUT2D eigenvalue weighted by atomic mass is 10.0. The van der Waals surface area contributed by atoms with Crippen LogP contribution in [-0.2, 0) is 6.54 Å². The Bertz CT molecular complexity index is 1120. The molecule has 7 nitrogen and oxygen atoms in total. The molecule has 3 aromatic rings. The number of amides is 2. The largest absolute Gasteiger partial charge is 0.325 e. The van der Waals surface area contributed by atoms with E-state index in [1.165, 1.54) is 11.0 Å². The number of ketones is 1. The van der Waals surface area contributed by atoms with Gasteiger partial charge in [0.2, 0.25) is 0 Å². The Morgan fingerprint density at radius 3 is 2.72 bits per heavy atom. The Labute approximate surface area is 181 Å². The van der Waals surface area contributed by atoms with Gasteiger partial charge in [0.05, 0.1) is 18.1 Å². The molecule has 0 radical (unpaired) electrons. The molecule has 1 aliphatic rings. The molecule has 0 bridgehead atoms. The normalized spacial score (nSPS) is 16.8. The zero-order valence-corrected chi connectivity index (χ0v) is 17.6. The second-order valence-electron chi connectivity index (χ2n) is 6.64. The van der Waals surface area contributed by atoms with Crippen LogP contribution in [0.1, 0.15) is 23.1 Å². The summed E-state index contributed by atoms with van der Waals surface area (Å²) >= 11 is 18.0. The number of H-pyrrole nitrogens is 1. The van der Waals surface area contributed by atoms with Crippen LogP contribution in [0.4, 0.5) is 4.79 Å². The molecule has 2 amide bonds. The molecule has 1 aliphatic heterocycles. The smallest absolute Gasteiger partial charge is 0.321 e. The highest BCUT2D eigenvalue weighted by atomic mass is 35.5. The van der Waals surface area contributed by atoms with E-state index in [-0.39, 0.29) is 29.9 Å². The average molecular weight is 453 g/mol. The van der Waals surface area contributed by atoms with Gasteiger partial charge in [-0.3, -0.25) is 4.79 Å². The highest BCUT2D eigenvalue weighted by molar-refractivity contribution is 6.37. The third-order valence-electron chi connectivity index (χ3n) is 4.82. The lowest BCUT2D eigenvalue weighted by Crippen LogP contribution is -2.39. The number of imidazole rings is 1. The Morgan fingerprint density at radius 2 is 2.00 bits per heavy atom. The fourth-order valence-corrected chi connectivity index (χ4v) is 4.11. The van der Waals surface area contributed by atoms with Crippen molar-refractivity contribution in [1.29, 1.82) is 0 Å². The van der Waals surface area contributed by atoms with E-state index in [1.807, 2.05) is 6.92 Å². The van der Waals surface area contributed by atoms with Crippen LogP contribution in [0.5, 0.6) is 0 Å². The maximum absolute atomic E-state index is 13.1.